The highest BCUT2D eigenvalue weighted by Crippen LogP contribution is 2.25. The molecule has 0 saturated heterocycles. The Labute approximate surface area is 112 Å². The van der Waals surface area contributed by atoms with Crippen LogP contribution in [-0.4, -0.2) is 17.0 Å². The Bertz CT molecular complexity index is 471. The molecule has 1 unspecified atom stereocenters. The second kappa shape index (κ2) is 5.92. The summed E-state index contributed by atoms with van der Waals surface area (Å²) in [6.07, 6.45) is 0. The molecule has 1 heterocycles. The number of nitriles is 1. The van der Waals surface area contributed by atoms with Crippen molar-refractivity contribution in [3.8, 4) is 6.07 Å². The largest absolute Gasteiger partial charge is 0.361 e. The number of nitrogens with one attached hydrogen (secondary N) is 1. The van der Waals surface area contributed by atoms with Crippen LogP contribution in [0.3, 0.4) is 0 Å². The molecule has 0 fully saturated rings. The number of benzene rings is 1. The molecule has 0 amide bonds. The molecule has 0 saturated carbocycles. The van der Waals surface area contributed by atoms with Crippen LogP contribution in [0.2, 0.25) is 0 Å². The summed E-state index contributed by atoms with van der Waals surface area (Å²) in [6.45, 7) is 6.15. The second-order valence-corrected chi connectivity index (χ2v) is 5.94. The van der Waals surface area contributed by atoms with E-state index in [2.05, 4.69) is 30.2 Å². The smallest absolute Gasteiger partial charge is 0.157 e. The summed E-state index contributed by atoms with van der Waals surface area (Å²) in [6, 6.07) is 9.77. The quantitative estimate of drug-likeness (QED) is 0.908. The van der Waals surface area contributed by atoms with Crippen molar-refractivity contribution >= 4 is 16.9 Å². The van der Waals surface area contributed by atoms with Gasteiger partial charge in [0.25, 0.3) is 0 Å². The van der Waals surface area contributed by atoms with Gasteiger partial charge in [0.1, 0.15) is 0 Å². The zero-order valence-electron chi connectivity index (χ0n) is 10.7. The van der Waals surface area contributed by atoms with Gasteiger partial charge in [0.2, 0.25) is 0 Å². The summed E-state index contributed by atoms with van der Waals surface area (Å²) < 4.78 is 0. The van der Waals surface area contributed by atoms with Gasteiger partial charge in [-0.05, 0) is 23.6 Å². The van der Waals surface area contributed by atoms with Gasteiger partial charge in [-0.1, -0.05) is 37.7 Å². The second-order valence-electron chi connectivity index (χ2n) is 4.71. The molecule has 2 rings (SSSR count). The number of rotatable bonds is 3. The van der Waals surface area contributed by atoms with E-state index in [1.54, 1.807) is 0 Å². The lowest BCUT2D eigenvalue weighted by molar-refractivity contribution is 0.621. The maximum atomic E-state index is 8.72. The predicted molar refractivity (Wildman–Crippen MR) is 76.5 cm³/mol. The summed E-state index contributed by atoms with van der Waals surface area (Å²) in [5.74, 6) is 0.660. The highest BCUT2D eigenvalue weighted by Gasteiger charge is 2.21. The third kappa shape index (κ3) is 3.27. The van der Waals surface area contributed by atoms with Crippen molar-refractivity contribution in [3.63, 3.8) is 0 Å². The average Bonchev–Trinajstić information content (AvgIpc) is 2.86. The zero-order chi connectivity index (χ0) is 13.0. The minimum Gasteiger partial charge on any atom is -0.361 e. The molecule has 0 aliphatic carbocycles. The van der Waals surface area contributed by atoms with E-state index in [0.717, 1.165) is 18.3 Å². The highest BCUT2D eigenvalue weighted by atomic mass is 32.2. The van der Waals surface area contributed by atoms with Gasteiger partial charge in [0.15, 0.2) is 5.17 Å². The monoisotopic (exact) mass is 259 g/mol. The van der Waals surface area contributed by atoms with Crippen molar-refractivity contribution in [1.82, 2.24) is 5.32 Å². The molecular weight excluding hydrogens is 242 g/mol. The van der Waals surface area contributed by atoms with Crippen LogP contribution in [0.15, 0.2) is 29.3 Å². The zero-order valence-corrected chi connectivity index (χ0v) is 11.5. The van der Waals surface area contributed by atoms with Gasteiger partial charge >= 0.3 is 0 Å². The molecule has 94 valence electrons. The van der Waals surface area contributed by atoms with E-state index in [9.17, 15) is 0 Å². The fourth-order valence-electron chi connectivity index (χ4n) is 1.71. The number of hydrogen-bond donors (Lipinski definition) is 1. The Kier molecular flexibility index (Phi) is 4.27. The molecule has 0 radical (unpaired) electrons. The van der Waals surface area contributed by atoms with Crippen molar-refractivity contribution in [2.75, 3.05) is 6.54 Å². The van der Waals surface area contributed by atoms with Gasteiger partial charge in [-0.2, -0.15) is 5.26 Å². The molecule has 0 bridgehead atoms. The van der Waals surface area contributed by atoms with Crippen molar-refractivity contribution in [3.05, 3.63) is 35.4 Å². The lowest BCUT2D eigenvalue weighted by Gasteiger charge is -2.12. The summed E-state index contributed by atoms with van der Waals surface area (Å²) in [5, 5.41) is 13.7. The molecule has 1 N–H and O–H groups in total. The van der Waals surface area contributed by atoms with E-state index < -0.39 is 0 Å². The van der Waals surface area contributed by atoms with Gasteiger partial charge < -0.3 is 5.32 Å². The summed E-state index contributed by atoms with van der Waals surface area (Å²) in [5.41, 5.74) is 1.87. The third-order valence-electron chi connectivity index (χ3n) is 2.95. The number of nitrogens with zero attached hydrogens (tertiary/aromatic N) is 2. The first-order chi connectivity index (χ1) is 8.69. The molecule has 1 aliphatic heterocycles. The fraction of sp³-hybridized carbons (Fsp3) is 0.429. The molecule has 1 aromatic carbocycles. The molecule has 1 aromatic rings. The van der Waals surface area contributed by atoms with Crippen LogP contribution in [0, 0.1) is 17.2 Å². The van der Waals surface area contributed by atoms with E-state index in [0.29, 0.717) is 16.7 Å². The first-order valence-electron chi connectivity index (χ1n) is 6.13. The van der Waals surface area contributed by atoms with Crippen LogP contribution in [-0.2, 0) is 6.54 Å². The SMILES string of the molecule is CC(C)C1CN=C(NCc2ccc(C#N)cc2)S1. The molecular formula is C14H17N3S. The minimum atomic E-state index is 0.605. The van der Waals surface area contributed by atoms with Crippen LogP contribution in [0.25, 0.3) is 0 Å². The van der Waals surface area contributed by atoms with E-state index in [4.69, 9.17) is 5.26 Å². The average molecular weight is 259 g/mol. The Balaban J connectivity index is 1.84. The Morgan fingerprint density at radius 2 is 2.17 bits per heavy atom. The molecule has 3 nitrogen and oxygen atoms in total. The Morgan fingerprint density at radius 3 is 2.72 bits per heavy atom. The highest BCUT2D eigenvalue weighted by molar-refractivity contribution is 8.14. The lowest BCUT2D eigenvalue weighted by atomic mass is 10.1. The predicted octanol–water partition coefficient (Wildman–Crippen LogP) is 2.78. The summed E-state index contributed by atoms with van der Waals surface area (Å²) >= 11 is 1.83. The Morgan fingerprint density at radius 1 is 1.44 bits per heavy atom. The van der Waals surface area contributed by atoms with E-state index in [1.807, 2.05) is 36.0 Å². The number of aliphatic imine (C=N–C) groups is 1. The molecule has 0 spiro atoms. The summed E-state index contributed by atoms with van der Waals surface area (Å²) in [7, 11) is 0. The summed E-state index contributed by atoms with van der Waals surface area (Å²) in [4.78, 5) is 4.50. The maximum Gasteiger partial charge on any atom is 0.157 e. The van der Waals surface area contributed by atoms with Gasteiger partial charge in [-0.3, -0.25) is 4.99 Å². The van der Waals surface area contributed by atoms with Gasteiger partial charge in [0.05, 0.1) is 18.2 Å². The normalized spacial score (nSPS) is 18.6. The molecule has 4 heteroatoms. The van der Waals surface area contributed by atoms with Crippen molar-refractivity contribution in [2.45, 2.75) is 25.6 Å². The van der Waals surface area contributed by atoms with Crippen molar-refractivity contribution in [2.24, 2.45) is 10.9 Å². The lowest BCUT2D eigenvalue weighted by Crippen LogP contribution is -2.19. The fourth-order valence-corrected chi connectivity index (χ4v) is 2.72. The van der Waals surface area contributed by atoms with Crippen molar-refractivity contribution in [1.29, 1.82) is 5.26 Å². The Hall–Kier alpha value is -1.47. The van der Waals surface area contributed by atoms with Crippen LogP contribution < -0.4 is 5.32 Å². The molecule has 1 atom stereocenters. The third-order valence-corrected chi connectivity index (χ3v) is 4.44. The van der Waals surface area contributed by atoms with Gasteiger partial charge in [-0.25, -0.2) is 0 Å². The van der Waals surface area contributed by atoms with Crippen LogP contribution in [0.5, 0.6) is 0 Å². The van der Waals surface area contributed by atoms with E-state index in [-0.39, 0.29) is 0 Å². The molecule has 18 heavy (non-hydrogen) atoms. The van der Waals surface area contributed by atoms with Gasteiger partial charge in [0, 0.05) is 11.8 Å². The minimum absolute atomic E-state index is 0.605. The van der Waals surface area contributed by atoms with Gasteiger partial charge in [-0.15, -0.1) is 0 Å². The molecule has 0 aromatic heterocycles. The maximum absolute atomic E-state index is 8.72. The van der Waals surface area contributed by atoms with Crippen LogP contribution in [0.4, 0.5) is 0 Å². The number of thioether (sulfide) groups is 1. The van der Waals surface area contributed by atoms with Crippen LogP contribution >= 0.6 is 11.8 Å². The standard InChI is InChI=1S/C14H17N3S/c1-10(2)13-9-17-14(18-13)16-8-12-5-3-11(7-15)4-6-12/h3-6,10,13H,8-9H2,1-2H3,(H,16,17). The van der Waals surface area contributed by atoms with E-state index >= 15 is 0 Å². The first-order valence-corrected chi connectivity index (χ1v) is 7.01. The van der Waals surface area contributed by atoms with Crippen LogP contribution in [0.1, 0.15) is 25.0 Å². The number of hydrogen-bond acceptors (Lipinski definition) is 4. The van der Waals surface area contributed by atoms with E-state index in [1.165, 1.54) is 5.56 Å². The molecule has 1 aliphatic rings. The first kappa shape index (κ1) is 13.0. The number of amidine groups is 1. The van der Waals surface area contributed by atoms with Crippen molar-refractivity contribution < 1.29 is 0 Å². The topological polar surface area (TPSA) is 48.2 Å².